The van der Waals surface area contributed by atoms with Crippen LogP contribution in [0.25, 0.3) is 0 Å². The predicted octanol–water partition coefficient (Wildman–Crippen LogP) is 2.56. The number of amides is 1. The van der Waals surface area contributed by atoms with E-state index in [1.807, 2.05) is 0 Å². The van der Waals surface area contributed by atoms with Crippen molar-refractivity contribution < 1.29 is 18.3 Å². The fourth-order valence-corrected chi connectivity index (χ4v) is 1.68. The zero-order chi connectivity index (χ0) is 15.2. The Hall–Kier alpha value is -2.50. The first-order chi connectivity index (χ1) is 10.1. The SMILES string of the molecule is C[C@H](CNC(=O)c1ccncc1F)Oc1ccc(F)cc1. The fraction of sp³-hybridized carbons (Fsp3) is 0.200. The normalized spacial score (nSPS) is 11.8. The Kier molecular flexibility index (Phi) is 4.81. The lowest BCUT2D eigenvalue weighted by Crippen LogP contribution is -2.34. The molecule has 0 spiro atoms. The molecule has 0 fully saturated rings. The summed E-state index contributed by atoms with van der Waals surface area (Å²) in [5.41, 5.74) is -0.0704. The van der Waals surface area contributed by atoms with Gasteiger partial charge in [-0.1, -0.05) is 0 Å². The molecule has 0 aliphatic heterocycles. The van der Waals surface area contributed by atoms with Gasteiger partial charge in [0.1, 0.15) is 17.7 Å². The summed E-state index contributed by atoms with van der Waals surface area (Å²) < 4.78 is 31.6. The van der Waals surface area contributed by atoms with Gasteiger partial charge >= 0.3 is 0 Å². The molecule has 0 unspecified atom stereocenters. The minimum Gasteiger partial charge on any atom is -0.489 e. The number of carbonyl (C=O) groups is 1. The quantitative estimate of drug-likeness (QED) is 0.921. The topological polar surface area (TPSA) is 51.2 Å². The number of nitrogens with one attached hydrogen (secondary N) is 1. The van der Waals surface area contributed by atoms with Gasteiger partial charge in [-0.3, -0.25) is 9.78 Å². The lowest BCUT2D eigenvalue weighted by Gasteiger charge is -2.15. The van der Waals surface area contributed by atoms with E-state index >= 15 is 0 Å². The fourth-order valence-electron chi connectivity index (χ4n) is 1.68. The highest BCUT2D eigenvalue weighted by atomic mass is 19.1. The summed E-state index contributed by atoms with van der Waals surface area (Å²) in [6.07, 6.45) is 1.98. The largest absolute Gasteiger partial charge is 0.489 e. The van der Waals surface area contributed by atoms with Crippen LogP contribution in [0.2, 0.25) is 0 Å². The van der Waals surface area contributed by atoms with E-state index in [1.165, 1.54) is 36.5 Å². The van der Waals surface area contributed by atoms with Crippen LogP contribution in [0, 0.1) is 11.6 Å². The van der Waals surface area contributed by atoms with Crippen LogP contribution in [0.3, 0.4) is 0 Å². The number of carbonyl (C=O) groups excluding carboxylic acids is 1. The van der Waals surface area contributed by atoms with E-state index in [0.717, 1.165) is 6.20 Å². The Morgan fingerprint density at radius 1 is 1.29 bits per heavy atom. The molecule has 1 atom stereocenters. The summed E-state index contributed by atoms with van der Waals surface area (Å²) in [4.78, 5) is 15.4. The molecule has 1 aromatic carbocycles. The maximum atomic E-state index is 13.4. The van der Waals surface area contributed by atoms with Crippen molar-refractivity contribution in [3.05, 3.63) is 59.9 Å². The van der Waals surface area contributed by atoms with Gasteiger partial charge in [-0.2, -0.15) is 0 Å². The Morgan fingerprint density at radius 3 is 2.67 bits per heavy atom. The van der Waals surface area contributed by atoms with E-state index in [9.17, 15) is 13.6 Å². The van der Waals surface area contributed by atoms with E-state index in [-0.39, 0.29) is 24.0 Å². The molecule has 1 aromatic heterocycles. The van der Waals surface area contributed by atoms with Gasteiger partial charge in [0.25, 0.3) is 5.91 Å². The number of ether oxygens (including phenoxy) is 1. The number of halogens is 2. The van der Waals surface area contributed by atoms with Gasteiger partial charge < -0.3 is 10.1 Å². The van der Waals surface area contributed by atoms with Crippen molar-refractivity contribution in [2.45, 2.75) is 13.0 Å². The number of aromatic nitrogens is 1. The van der Waals surface area contributed by atoms with E-state index in [1.54, 1.807) is 6.92 Å². The van der Waals surface area contributed by atoms with Gasteiger partial charge in [-0.15, -0.1) is 0 Å². The second-order valence-corrected chi connectivity index (χ2v) is 4.45. The van der Waals surface area contributed by atoms with Gasteiger partial charge in [0.15, 0.2) is 5.82 Å². The van der Waals surface area contributed by atoms with Crippen LogP contribution < -0.4 is 10.1 Å². The highest BCUT2D eigenvalue weighted by molar-refractivity contribution is 5.94. The second-order valence-electron chi connectivity index (χ2n) is 4.45. The molecule has 4 nitrogen and oxygen atoms in total. The molecule has 2 aromatic rings. The standard InChI is InChI=1S/C15H14F2N2O2/c1-10(21-12-4-2-11(16)3-5-12)8-19-15(20)13-6-7-18-9-14(13)17/h2-7,9-10H,8H2,1H3,(H,19,20)/t10-/m1/s1. The Morgan fingerprint density at radius 2 is 2.00 bits per heavy atom. The lowest BCUT2D eigenvalue weighted by molar-refractivity contribution is 0.0928. The van der Waals surface area contributed by atoms with Crippen LogP contribution in [0.15, 0.2) is 42.7 Å². The first-order valence-corrected chi connectivity index (χ1v) is 6.36. The van der Waals surface area contributed by atoms with E-state index < -0.39 is 11.7 Å². The number of nitrogens with zero attached hydrogens (tertiary/aromatic N) is 1. The molecule has 0 saturated carbocycles. The molecule has 1 heterocycles. The average Bonchev–Trinajstić information content (AvgIpc) is 2.48. The second kappa shape index (κ2) is 6.78. The van der Waals surface area contributed by atoms with Crippen molar-refractivity contribution in [1.82, 2.24) is 10.3 Å². The molecule has 1 N–H and O–H groups in total. The van der Waals surface area contributed by atoms with Crippen molar-refractivity contribution in [1.29, 1.82) is 0 Å². The summed E-state index contributed by atoms with van der Waals surface area (Å²) in [6, 6.07) is 6.86. The zero-order valence-electron chi connectivity index (χ0n) is 11.3. The van der Waals surface area contributed by atoms with Crippen molar-refractivity contribution >= 4 is 5.91 Å². The molecular weight excluding hydrogens is 278 g/mol. The van der Waals surface area contributed by atoms with Crippen LogP contribution in [-0.4, -0.2) is 23.5 Å². The van der Waals surface area contributed by atoms with Crippen molar-refractivity contribution in [2.75, 3.05) is 6.54 Å². The number of hydrogen-bond acceptors (Lipinski definition) is 3. The Labute approximate surface area is 120 Å². The molecule has 0 radical (unpaired) electrons. The first kappa shape index (κ1) is 14.9. The van der Waals surface area contributed by atoms with Gasteiger partial charge in [-0.05, 0) is 37.3 Å². The molecule has 1 amide bonds. The monoisotopic (exact) mass is 292 g/mol. The zero-order valence-corrected chi connectivity index (χ0v) is 11.3. The number of pyridine rings is 1. The van der Waals surface area contributed by atoms with E-state index in [4.69, 9.17) is 4.74 Å². The summed E-state index contributed by atoms with van der Waals surface area (Å²) in [7, 11) is 0. The maximum absolute atomic E-state index is 13.4. The van der Waals surface area contributed by atoms with Crippen molar-refractivity contribution in [3.63, 3.8) is 0 Å². The van der Waals surface area contributed by atoms with Crippen LogP contribution in [0.4, 0.5) is 8.78 Å². The molecule has 0 bridgehead atoms. The van der Waals surface area contributed by atoms with Gasteiger partial charge in [-0.25, -0.2) is 8.78 Å². The summed E-state index contributed by atoms with van der Waals surface area (Å²) >= 11 is 0. The third-order valence-corrected chi connectivity index (χ3v) is 2.72. The summed E-state index contributed by atoms with van der Waals surface area (Å²) in [5.74, 6) is -1.07. The summed E-state index contributed by atoms with van der Waals surface area (Å²) in [5, 5.41) is 2.57. The number of hydrogen-bond donors (Lipinski definition) is 1. The van der Waals surface area contributed by atoms with E-state index in [2.05, 4.69) is 10.3 Å². The van der Waals surface area contributed by atoms with Crippen LogP contribution in [-0.2, 0) is 0 Å². The summed E-state index contributed by atoms with van der Waals surface area (Å²) in [6.45, 7) is 1.94. The highest BCUT2D eigenvalue weighted by Gasteiger charge is 2.12. The molecule has 21 heavy (non-hydrogen) atoms. The minimum absolute atomic E-state index is 0.0704. The van der Waals surface area contributed by atoms with Crippen LogP contribution >= 0.6 is 0 Å². The van der Waals surface area contributed by atoms with Crippen molar-refractivity contribution in [3.8, 4) is 5.75 Å². The van der Waals surface area contributed by atoms with Gasteiger partial charge in [0, 0.05) is 6.20 Å². The highest BCUT2D eigenvalue weighted by Crippen LogP contribution is 2.12. The molecule has 2 rings (SSSR count). The third kappa shape index (κ3) is 4.24. The Balaban J connectivity index is 1.86. The van der Waals surface area contributed by atoms with Crippen molar-refractivity contribution in [2.24, 2.45) is 0 Å². The van der Waals surface area contributed by atoms with E-state index in [0.29, 0.717) is 5.75 Å². The lowest BCUT2D eigenvalue weighted by atomic mass is 10.2. The van der Waals surface area contributed by atoms with Gasteiger partial charge in [0.05, 0.1) is 18.3 Å². The number of rotatable bonds is 5. The maximum Gasteiger partial charge on any atom is 0.254 e. The molecule has 0 aliphatic carbocycles. The molecule has 0 saturated heterocycles. The Bertz CT molecular complexity index is 617. The molecular formula is C15H14F2N2O2. The minimum atomic E-state index is -0.679. The van der Waals surface area contributed by atoms with Crippen LogP contribution in [0.5, 0.6) is 5.75 Å². The first-order valence-electron chi connectivity index (χ1n) is 6.36. The third-order valence-electron chi connectivity index (χ3n) is 2.72. The van der Waals surface area contributed by atoms with Gasteiger partial charge in [0.2, 0.25) is 0 Å². The number of benzene rings is 1. The molecule has 6 heteroatoms. The predicted molar refractivity (Wildman–Crippen MR) is 73.0 cm³/mol. The van der Waals surface area contributed by atoms with Crippen LogP contribution in [0.1, 0.15) is 17.3 Å². The molecule has 110 valence electrons. The average molecular weight is 292 g/mol. The smallest absolute Gasteiger partial charge is 0.254 e. The molecule has 0 aliphatic rings.